The van der Waals surface area contributed by atoms with Gasteiger partial charge in [0.15, 0.2) is 22.5 Å². The Morgan fingerprint density at radius 2 is 2.11 bits per heavy atom. The first kappa shape index (κ1) is 13.3. The largest absolute Gasteiger partial charge is 0.464 e. The number of anilines is 2. The lowest BCUT2D eigenvalue weighted by atomic mass is 10.3. The number of rotatable bonds is 3. The molecular weight excluding hydrogens is 281 g/mol. The summed E-state index contributed by atoms with van der Waals surface area (Å²) in [5, 5.41) is 3.89. The number of thiazole rings is 1. The second-order valence-corrected chi connectivity index (χ2v) is 4.26. The zero-order valence-corrected chi connectivity index (χ0v) is 10.4. The molecule has 1 N–H and O–H groups in total. The van der Waals surface area contributed by atoms with E-state index in [4.69, 9.17) is 0 Å². The molecule has 8 heteroatoms. The molecule has 0 radical (unpaired) electrons. The van der Waals surface area contributed by atoms with Gasteiger partial charge in [-0.15, -0.1) is 11.3 Å². The zero-order valence-electron chi connectivity index (χ0n) is 9.54. The van der Waals surface area contributed by atoms with Gasteiger partial charge in [0.1, 0.15) is 5.82 Å². The number of carbonyl (C=O) groups excluding carboxylic acids is 1. The standard InChI is InChI=1S/C11H7F3N2O2S/c1-18-10(17)8-4-19-11(16-8)15-7-3-5(12)2-6(13)9(7)14/h2-4H,1H3,(H,15,16). The van der Waals surface area contributed by atoms with Gasteiger partial charge in [0, 0.05) is 17.5 Å². The van der Waals surface area contributed by atoms with Gasteiger partial charge in [-0.2, -0.15) is 0 Å². The number of aromatic nitrogens is 1. The maximum absolute atomic E-state index is 13.4. The smallest absolute Gasteiger partial charge is 0.357 e. The molecule has 0 amide bonds. The number of esters is 1. The second kappa shape index (κ2) is 5.27. The first-order valence-corrected chi connectivity index (χ1v) is 5.84. The van der Waals surface area contributed by atoms with Crippen molar-refractivity contribution in [1.82, 2.24) is 4.98 Å². The Kier molecular flexibility index (Phi) is 3.70. The highest BCUT2D eigenvalue weighted by Crippen LogP contribution is 2.25. The molecule has 0 unspecified atom stereocenters. The quantitative estimate of drug-likeness (QED) is 0.696. The van der Waals surface area contributed by atoms with Gasteiger partial charge >= 0.3 is 5.97 Å². The molecule has 4 nitrogen and oxygen atoms in total. The zero-order chi connectivity index (χ0) is 14.0. The highest BCUT2D eigenvalue weighted by atomic mass is 32.1. The molecule has 19 heavy (non-hydrogen) atoms. The minimum Gasteiger partial charge on any atom is -0.464 e. The van der Waals surface area contributed by atoms with Gasteiger partial charge in [0.2, 0.25) is 0 Å². The number of nitrogens with zero attached hydrogens (tertiary/aromatic N) is 1. The summed E-state index contributed by atoms with van der Waals surface area (Å²) in [7, 11) is 1.19. The monoisotopic (exact) mass is 288 g/mol. The number of carbonyl (C=O) groups is 1. The molecule has 1 aromatic heterocycles. The first-order valence-electron chi connectivity index (χ1n) is 4.96. The molecule has 2 rings (SSSR count). The second-order valence-electron chi connectivity index (χ2n) is 3.40. The van der Waals surface area contributed by atoms with Crippen LogP contribution in [0.3, 0.4) is 0 Å². The van der Waals surface area contributed by atoms with Gasteiger partial charge < -0.3 is 10.1 Å². The van der Waals surface area contributed by atoms with Crippen LogP contribution in [-0.2, 0) is 4.74 Å². The normalized spacial score (nSPS) is 10.3. The SMILES string of the molecule is COC(=O)c1csc(Nc2cc(F)cc(F)c2F)n1. The number of benzene rings is 1. The van der Waals surface area contributed by atoms with Crippen LogP contribution in [0.2, 0.25) is 0 Å². The predicted octanol–water partition coefficient (Wildman–Crippen LogP) is 3.09. The molecule has 2 aromatic rings. The number of ether oxygens (including phenoxy) is 1. The van der Waals surface area contributed by atoms with E-state index >= 15 is 0 Å². The minimum absolute atomic E-state index is 0.0206. The third kappa shape index (κ3) is 2.84. The number of hydrogen-bond acceptors (Lipinski definition) is 5. The first-order chi connectivity index (χ1) is 9.01. The molecule has 1 aromatic carbocycles. The van der Waals surface area contributed by atoms with Gasteiger partial charge in [0.25, 0.3) is 0 Å². The summed E-state index contributed by atoms with van der Waals surface area (Å²) in [5.74, 6) is -4.12. The van der Waals surface area contributed by atoms with Crippen molar-refractivity contribution in [3.8, 4) is 0 Å². The van der Waals surface area contributed by atoms with Crippen molar-refractivity contribution in [2.45, 2.75) is 0 Å². The van der Waals surface area contributed by atoms with Crippen LogP contribution in [0.15, 0.2) is 17.5 Å². The molecule has 0 saturated heterocycles. The van der Waals surface area contributed by atoms with Gasteiger partial charge in [0.05, 0.1) is 12.8 Å². The Balaban J connectivity index is 2.26. The number of halogens is 3. The fourth-order valence-electron chi connectivity index (χ4n) is 1.29. The number of nitrogens with one attached hydrogen (secondary N) is 1. The fraction of sp³-hybridized carbons (Fsp3) is 0.0909. The van der Waals surface area contributed by atoms with Crippen molar-refractivity contribution < 1.29 is 22.7 Å². The van der Waals surface area contributed by atoms with E-state index in [0.29, 0.717) is 6.07 Å². The lowest BCUT2D eigenvalue weighted by Gasteiger charge is -2.04. The van der Waals surface area contributed by atoms with Crippen molar-refractivity contribution in [3.63, 3.8) is 0 Å². The van der Waals surface area contributed by atoms with Crippen molar-refractivity contribution in [3.05, 3.63) is 40.7 Å². The molecule has 0 aliphatic carbocycles. The van der Waals surface area contributed by atoms with E-state index in [1.807, 2.05) is 0 Å². The number of methoxy groups -OCH3 is 1. The van der Waals surface area contributed by atoms with Gasteiger partial charge in [-0.25, -0.2) is 22.9 Å². The molecule has 0 saturated carbocycles. The van der Waals surface area contributed by atoms with Crippen molar-refractivity contribution in [2.75, 3.05) is 12.4 Å². The van der Waals surface area contributed by atoms with Crippen LogP contribution in [0, 0.1) is 17.5 Å². The maximum Gasteiger partial charge on any atom is 0.357 e. The summed E-state index contributed by atoms with van der Waals surface area (Å²) in [6, 6.07) is 1.22. The van der Waals surface area contributed by atoms with Crippen LogP contribution in [0.5, 0.6) is 0 Å². The van der Waals surface area contributed by atoms with Crippen LogP contribution in [0.25, 0.3) is 0 Å². The summed E-state index contributed by atoms with van der Waals surface area (Å²) in [4.78, 5) is 15.0. The average Bonchev–Trinajstić information content (AvgIpc) is 2.83. The molecule has 1 heterocycles. The molecule has 0 bridgehead atoms. The van der Waals surface area contributed by atoms with Crippen LogP contribution in [0.1, 0.15) is 10.5 Å². The van der Waals surface area contributed by atoms with Crippen LogP contribution in [0.4, 0.5) is 24.0 Å². The van der Waals surface area contributed by atoms with Gasteiger partial charge in [-0.1, -0.05) is 0 Å². The lowest BCUT2D eigenvalue weighted by Crippen LogP contribution is -2.02. The Morgan fingerprint density at radius 3 is 2.79 bits per heavy atom. The van der Waals surface area contributed by atoms with E-state index < -0.39 is 29.1 Å². The maximum atomic E-state index is 13.4. The third-order valence-electron chi connectivity index (χ3n) is 2.13. The fourth-order valence-corrected chi connectivity index (χ4v) is 1.98. The Hall–Kier alpha value is -2.09. The summed E-state index contributed by atoms with van der Waals surface area (Å²) in [6.07, 6.45) is 0. The van der Waals surface area contributed by atoms with Crippen molar-refractivity contribution in [2.24, 2.45) is 0 Å². The molecule has 0 atom stereocenters. The number of hydrogen-bond donors (Lipinski definition) is 1. The lowest BCUT2D eigenvalue weighted by molar-refractivity contribution is 0.0595. The molecule has 0 fully saturated rings. The van der Waals surface area contributed by atoms with E-state index in [-0.39, 0.29) is 10.8 Å². The predicted molar refractivity (Wildman–Crippen MR) is 63.1 cm³/mol. The summed E-state index contributed by atoms with van der Waals surface area (Å²) >= 11 is 0.974. The minimum atomic E-state index is -1.31. The average molecular weight is 288 g/mol. The third-order valence-corrected chi connectivity index (χ3v) is 2.89. The van der Waals surface area contributed by atoms with E-state index in [1.54, 1.807) is 0 Å². The molecule has 0 aliphatic rings. The summed E-state index contributed by atoms with van der Waals surface area (Å²) in [5.41, 5.74) is -0.379. The molecular formula is C11H7F3N2O2S. The van der Waals surface area contributed by atoms with E-state index in [9.17, 15) is 18.0 Å². The summed E-state index contributed by atoms with van der Waals surface area (Å²) < 4.78 is 43.8. The molecule has 0 aliphatic heterocycles. The van der Waals surface area contributed by atoms with Gasteiger partial charge in [-0.3, -0.25) is 0 Å². The van der Waals surface area contributed by atoms with E-state index in [2.05, 4.69) is 15.0 Å². The Labute approximate surface area is 109 Å². The van der Waals surface area contributed by atoms with Gasteiger partial charge in [-0.05, 0) is 0 Å². The summed E-state index contributed by atoms with van der Waals surface area (Å²) in [6.45, 7) is 0. The van der Waals surface area contributed by atoms with Crippen LogP contribution < -0.4 is 5.32 Å². The van der Waals surface area contributed by atoms with Crippen molar-refractivity contribution in [1.29, 1.82) is 0 Å². The van der Waals surface area contributed by atoms with Crippen molar-refractivity contribution >= 4 is 28.1 Å². The molecule has 100 valence electrons. The molecule has 0 spiro atoms. The highest BCUT2D eigenvalue weighted by molar-refractivity contribution is 7.14. The Morgan fingerprint density at radius 1 is 1.37 bits per heavy atom. The van der Waals surface area contributed by atoms with E-state index in [0.717, 1.165) is 17.4 Å². The Bertz CT molecular complexity index is 630. The van der Waals surface area contributed by atoms with Crippen LogP contribution in [-0.4, -0.2) is 18.1 Å². The van der Waals surface area contributed by atoms with Crippen LogP contribution >= 0.6 is 11.3 Å². The topological polar surface area (TPSA) is 51.2 Å². The van der Waals surface area contributed by atoms with E-state index in [1.165, 1.54) is 12.5 Å². The highest BCUT2D eigenvalue weighted by Gasteiger charge is 2.14.